The van der Waals surface area contributed by atoms with Crippen molar-refractivity contribution >= 4 is 0 Å². The molecule has 1 unspecified atom stereocenters. The zero-order valence-corrected chi connectivity index (χ0v) is 7.51. The molecule has 70 valence electrons. The van der Waals surface area contributed by atoms with Crippen LogP contribution in [0.1, 0.15) is 19.3 Å². The summed E-state index contributed by atoms with van der Waals surface area (Å²) in [5, 5.41) is 3.36. The summed E-state index contributed by atoms with van der Waals surface area (Å²) in [6, 6.07) is 0. The molecule has 2 heterocycles. The van der Waals surface area contributed by atoms with Crippen LogP contribution in [-0.4, -0.2) is 31.8 Å². The van der Waals surface area contributed by atoms with Crippen molar-refractivity contribution in [2.24, 2.45) is 11.7 Å². The van der Waals surface area contributed by atoms with Gasteiger partial charge in [-0.15, -0.1) is 0 Å². The van der Waals surface area contributed by atoms with Crippen molar-refractivity contribution in [1.82, 2.24) is 5.32 Å². The van der Waals surface area contributed by atoms with E-state index in [0.717, 1.165) is 45.5 Å². The average molecular weight is 170 g/mol. The summed E-state index contributed by atoms with van der Waals surface area (Å²) in [4.78, 5) is 0. The van der Waals surface area contributed by atoms with E-state index in [1.54, 1.807) is 0 Å². The van der Waals surface area contributed by atoms with Crippen LogP contribution in [0.3, 0.4) is 0 Å². The molecule has 2 aliphatic heterocycles. The van der Waals surface area contributed by atoms with E-state index in [0.29, 0.717) is 5.92 Å². The van der Waals surface area contributed by atoms with Crippen molar-refractivity contribution in [3.63, 3.8) is 0 Å². The standard InChI is InChI=1S/C9H18N2O/c10-7-8-1-6-12-9(8)2-4-11-5-3-9/h8,11H,1-7,10H2. The van der Waals surface area contributed by atoms with Gasteiger partial charge in [-0.25, -0.2) is 0 Å². The molecule has 2 saturated heterocycles. The molecule has 2 fully saturated rings. The van der Waals surface area contributed by atoms with Gasteiger partial charge < -0.3 is 15.8 Å². The molecular formula is C9H18N2O. The third-order valence-corrected chi connectivity index (χ3v) is 3.33. The van der Waals surface area contributed by atoms with Crippen LogP contribution in [0.4, 0.5) is 0 Å². The minimum Gasteiger partial charge on any atom is -0.375 e. The Morgan fingerprint density at radius 1 is 1.42 bits per heavy atom. The smallest absolute Gasteiger partial charge is 0.0747 e. The Hall–Kier alpha value is -0.120. The predicted octanol–water partition coefficient (Wildman–Crippen LogP) is 0.104. The minimum absolute atomic E-state index is 0.153. The molecule has 0 radical (unpaired) electrons. The van der Waals surface area contributed by atoms with Crippen molar-refractivity contribution in [1.29, 1.82) is 0 Å². The fourth-order valence-corrected chi connectivity index (χ4v) is 2.52. The maximum absolute atomic E-state index is 5.86. The van der Waals surface area contributed by atoms with Crippen LogP contribution < -0.4 is 11.1 Å². The Morgan fingerprint density at radius 3 is 2.83 bits per heavy atom. The van der Waals surface area contributed by atoms with E-state index >= 15 is 0 Å². The minimum atomic E-state index is 0.153. The van der Waals surface area contributed by atoms with Gasteiger partial charge in [0.15, 0.2) is 0 Å². The number of nitrogens with one attached hydrogen (secondary N) is 1. The van der Waals surface area contributed by atoms with Crippen molar-refractivity contribution in [2.45, 2.75) is 24.9 Å². The van der Waals surface area contributed by atoms with Gasteiger partial charge in [0.25, 0.3) is 0 Å². The molecule has 0 aromatic heterocycles. The van der Waals surface area contributed by atoms with E-state index < -0.39 is 0 Å². The molecule has 1 atom stereocenters. The van der Waals surface area contributed by atoms with E-state index in [2.05, 4.69) is 5.32 Å². The molecular weight excluding hydrogens is 152 g/mol. The first-order valence-corrected chi connectivity index (χ1v) is 4.92. The quantitative estimate of drug-likeness (QED) is 0.587. The second-order valence-corrected chi connectivity index (χ2v) is 3.88. The normalized spacial score (nSPS) is 34.2. The SMILES string of the molecule is NCC1CCOC12CCNCC2. The Labute approximate surface area is 73.7 Å². The summed E-state index contributed by atoms with van der Waals surface area (Å²) >= 11 is 0. The largest absolute Gasteiger partial charge is 0.375 e. The topological polar surface area (TPSA) is 47.3 Å². The Bertz CT molecular complexity index is 155. The highest BCUT2D eigenvalue weighted by Crippen LogP contribution is 2.38. The summed E-state index contributed by atoms with van der Waals surface area (Å²) in [5.41, 5.74) is 5.89. The van der Waals surface area contributed by atoms with Gasteiger partial charge in [-0.05, 0) is 38.9 Å². The molecule has 3 nitrogen and oxygen atoms in total. The van der Waals surface area contributed by atoms with E-state index in [4.69, 9.17) is 10.5 Å². The second kappa shape index (κ2) is 3.32. The van der Waals surface area contributed by atoms with Crippen LogP contribution in [0.2, 0.25) is 0 Å². The molecule has 3 N–H and O–H groups in total. The lowest BCUT2D eigenvalue weighted by atomic mass is 9.80. The van der Waals surface area contributed by atoms with Crippen LogP contribution in [-0.2, 0) is 4.74 Å². The van der Waals surface area contributed by atoms with Crippen molar-refractivity contribution in [3.8, 4) is 0 Å². The fourth-order valence-electron chi connectivity index (χ4n) is 2.52. The molecule has 0 aliphatic carbocycles. The van der Waals surface area contributed by atoms with Gasteiger partial charge in [-0.1, -0.05) is 0 Å². The van der Waals surface area contributed by atoms with E-state index in [1.807, 2.05) is 0 Å². The summed E-state index contributed by atoms with van der Waals surface area (Å²) < 4.78 is 5.86. The first kappa shape index (κ1) is 8.48. The van der Waals surface area contributed by atoms with Gasteiger partial charge in [-0.3, -0.25) is 0 Å². The van der Waals surface area contributed by atoms with Gasteiger partial charge >= 0.3 is 0 Å². The highest BCUT2D eigenvalue weighted by molar-refractivity contribution is 4.96. The number of piperidine rings is 1. The predicted molar refractivity (Wildman–Crippen MR) is 47.9 cm³/mol. The van der Waals surface area contributed by atoms with Gasteiger partial charge in [0, 0.05) is 12.5 Å². The highest BCUT2D eigenvalue weighted by Gasteiger charge is 2.43. The first-order valence-electron chi connectivity index (χ1n) is 4.92. The highest BCUT2D eigenvalue weighted by atomic mass is 16.5. The molecule has 1 spiro atoms. The van der Waals surface area contributed by atoms with Gasteiger partial charge in [0.05, 0.1) is 5.60 Å². The lowest BCUT2D eigenvalue weighted by molar-refractivity contribution is -0.0425. The van der Waals surface area contributed by atoms with E-state index in [9.17, 15) is 0 Å². The Morgan fingerprint density at radius 2 is 2.17 bits per heavy atom. The zero-order valence-electron chi connectivity index (χ0n) is 7.51. The molecule has 12 heavy (non-hydrogen) atoms. The molecule has 0 aromatic rings. The van der Waals surface area contributed by atoms with E-state index in [1.165, 1.54) is 0 Å². The maximum atomic E-state index is 5.86. The number of rotatable bonds is 1. The summed E-state index contributed by atoms with van der Waals surface area (Å²) in [7, 11) is 0. The van der Waals surface area contributed by atoms with Gasteiger partial charge in [0.2, 0.25) is 0 Å². The third-order valence-electron chi connectivity index (χ3n) is 3.33. The zero-order chi connectivity index (χ0) is 8.44. The number of nitrogens with two attached hydrogens (primary N) is 1. The maximum Gasteiger partial charge on any atom is 0.0747 e. The average Bonchev–Trinajstić information content (AvgIpc) is 2.49. The van der Waals surface area contributed by atoms with Crippen molar-refractivity contribution in [3.05, 3.63) is 0 Å². The van der Waals surface area contributed by atoms with Crippen molar-refractivity contribution < 1.29 is 4.74 Å². The molecule has 3 heteroatoms. The van der Waals surface area contributed by atoms with E-state index in [-0.39, 0.29) is 5.60 Å². The molecule has 0 aromatic carbocycles. The van der Waals surface area contributed by atoms with Crippen molar-refractivity contribution in [2.75, 3.05) is 26.2 Å². The second-order valence-electron chi connectivity index (χ2n) is 3.88. The fraction of sp³-hybridized carbons (Fsp3) is 1.00. The third kappa shape index (κ3) is 1.26. The number of ether oxygens (including phenoxy) is 1. The van der Waals surface area contributed by atoms with Gasteiger partial charge in [0.1, 0.15) is 0 Å². The molecule has 0 bridgehead atoms. The van der Waals surface area contributed by atoms with Crippen LogP contribution in [0.15, 0.2) is 0 Å². The monoisotopic (exact) mass is 170 g/mol. The summed E-state index contributed by atoms with van der Waals surface area (Å²) in [5.74, 6) is 0.611. The van der Waals surface area contributed by atoms with Gasteiger partial charge in [-0.2, -0.15) is 0 Å². The van der Waals surface area contributed by atoms with Crippen LogP contribution in [0.25, 0.3) is 0 Å². The van der Waals surface area contributed by atoms with Crippen LogP contribution >= 0.6 is 0 Å². The van der Waals surface area contributed by atoms with Crippen LogP contribution in [0, 0.1) is 5.92 Å². The molecule has 0 amide bonds. The molecule has 0 saturated carbocycles. The summed E-state index contributed by atoms with van der Waals surface area (Å²) in [6.45, 7) is 3.90. The first-order chi connectivity index (χ1) is 5.87. The lowest BCUT2D eigenvalue weighted by Crippen LogP contribution is -2.47. The number of hydrogen-bond acceptors (Lipinski definition) is 3. The molecule has 2 aliphatic rings. The lowest BCUT2D eigenvalue weighted by Gasteiger charge is -2.37. The molecule has 2 rings (SSSR count). The summed E-state index contributed by atoms with van der Waals surface area (Å²) in [6.07, 6.45) is 3.46. The number of hydrogen-bond donors (Lipinski definition) is 2. The Balaban J connectivity index is 2.05. The Kier molecular flexibility index (Phi) is 2.35. The van der Waals surface area contributed by atoms with Crippen LogP contribution in [0.5, 0.6) is 0 Å².